The summed E-state index contributed by atoms with van der Waals surface area (Å²) in [5.74, 6) is 0. The van der Waals surface area contributed by atoms with E-state index in [1.54, 1.807) is 0 Å². The molecule has 0 bridgehead atoms. The molecule has 0 aliphatic carbocycles. The molecule has 218 valence electrons. The van der Waals surface area contributed by atoms with Crippen LogP contribution in [0.4, 0.5) is 5.69 Å². The average molecular weight is 534 g/mol. The van der Waals surface area contributed by atoms with Gasteiger partial charge in [-0.2, -0.15) is 0 Å². The van der Waals surface area contributed by atoms with E-state index in [0.717, 1.165) is 6.54 Å². The van der Waals surface area contributed by atoms with Gasteiger partial charge in [-0.15, -0.1) is 0 Å². The molecule has 0 N–H and O–H groups in total. The maximum Gasteiger partial charge on any atom is 0.169 e. The van der Waals surface area contributed by atoms with Crippen LogP contribution in [0.25, 0.3) is 12.2 Å². The number of pyridine rings is 1. The van der Waals surface area contributed by atoms with Gasteiger partial charge in [0.1, 0.15) is 6.54 Å². The van der Waals surface area contributed by atoms with Crippen molar-refractivity contribution >= 4 is 17.8 Å². The molecule has 0 saturated heterocycles. The highest BCUT2D eigenvalue weighted by Gasteiger charge is 2.01. The molecule has 39 heavy (non-hydrogen) atoms. The van der Waals surface area contributed by atoms with E-state index in [1.807, 2.05) is 0 Å². The van der Waals surface area contributed by atoms with Crippen molar-refractivity contribution in [3.05, 3.63) is 59.9 Å². The lowest BCUT2D eigenvalue weighted by atomic mass is 10.0. The number of benzene rings is 1. The first-order chi connectivity index (χ1) is 19.2. The Bertz CT molecular complexity index is 835. The van der Waals surface area contributed by atoms with Crippen LogP contribution in [0.5, 0.6) is 0 Å². The van der Waals surface area contributed by atoms with Crippen LogP contribution in [-0.2, 0) is 6.54 Å². The zero-order valence-corrected chi connectivity index (χ0v) is 26.0. The molecule has 0 spiro atoms. The van der Waals surface area contributed by atoms with Crippen molar-refractivity contribution in [3.63, 3.8) is 0 Å². The second-order valence-electron chi connectivity index (χ2n) is 11.9. The summed E-state index contributed by atoms with van der Waals surface area (Å²) in [6.07, 6.45) is 37.6. The SMILES string of the molecule is CCCCCCCCCCCCCCCCCCCCCC[n+]1ccc(/C=C/c2ccc(N(C)C)cc2)cc1. The third-order valence-electron chi connectivity index (χ3n) is 8.06. The molecule has 0 aliphatic rings. The first-order valence-corrected chi connectivity index (χ1v) is 16.6. The van der Waals surface area contributed by atoms with Gasteiger partial charge in [-0.25, -0.2) is 4.57 Å². The van der Waals surface area contributed by atoms with Gasteiger partial charge in [-0.1, -0.05) is 147 Å². The van der Waals surface area contributed by atoms with Crippen LogP contribution >= 0.6 is 0 Å². The largest absolute Gasteiger partial charge is 0.378 e. The molecule has 0 amide bonds. The van der Waals surface area contributed by atoms with Gasteiger partial charge in [-0.05, 0) is 29.7 Å². The first-order valence-electron chi connectivity index (χ1n) is 16.6. The molecular weight excluding hydrogens is 472 g/mol. The number of aromatic nitrogens is 1. The highest BCUT2D eigenvalue weighted by molar-refractivity contribution is 5.70. The van der Waals surface area contributed by atoms with E-state index in [1.165, 1.54) is 145 Å². The van der Waals surface area contributed by atoms with Crippen LogP contribution in [0.3, 0.4) is 0 Å². The summed E-state index contributed by atoms with van der Waals surface area (Å²) in [4.78, 5) is 2.13. The Kier molecular flexibility index (Phi) is 19.3. The lowest BCUT2D eigenvalue weighted by molar-refractivity contribution is -0.697. The Morgan fingerprint density at radius 1 is 0.487 bits per heavy atom. The smallest absolute Gasteiger partial charge is 0.169 e. The summed E-state index contributed by atoms with van der Waals surface area (Å²) in [5, 5.41) is 0. The Morgan fingerprint density at radius 2 is 0.846 bits per heavy atom. The standard InChI is InChI=1S/C37H61N2/c1-4-5-6-7-8-9-10-11-12-13-14-15-16-17-18-19-20-21-22-23-32-39-33-30-36(31-34-39)25-24-35-26-28-37(29-27-35)38(2)3/h24-31,33-34H,4-23,32H2,1-3H3/q+1. The van der Waals surface area contributed by atoms with Crippen molar-refractivity contribution < 1.29 is 4.57 Å². The fourth-order valence-corrected chi connectivity index (χ4v) is 5.35. The van der Waals surface area contributed by atoms with Crippen molar-refractivity contribution in [3.8, 4) is 0 Å². The summed E-state index contributed by atoms with van der Waals surface area (Å²) in [6, 6.07) is 13.1. The topological polar surface area (TPSA) is 7.12 Å². The molecule has 2 rings (SSSR count). The number of anilines is 1. The number of nitrogens with zero attached hydrogens (tertiary/aromatic N) is 2. The van der Waals surface area contributed by atoms with E-state index in [4.69, 9.17) is 0 Å². The highest BCUT2D eigenvalue weighted by Crippen LogP contribution is 2.16. The summed E-state index contributed by atoms with van der Waals surface area (Å²) < 4.78 is 2.33. The van der Waals surface area contributed by atoms with Gasteiger partial charge in [0.15, 0.2) is 12.4 Å². The molecule has 1 aromatic heterocycles. The van der Waals surface area contributed by atoms with Crippen LogP contribution in [0.2, 0.25) is 0 Å². The third kappa shape index (κ3) is 17.3. The minimum atomic E-state index is 1.13. The van der Waals surface area contributed by atoms with E-state index >= 15 is 0 Å². The molecule has 0 saturated carbocycles. The van der Waals surface area contributed by atoms with Gasteiger partial charge in [0.25, 0.3) is 0 Å². The second kappa shape index (κ2) is 22.7. The van der Waals surface area contributed by atoms with Crippen molar-refractivity contribution in [2.24, 2.45) is 0 Å². The predicted molar refractivity (Wildman–Crippen MR) is 174 cm³/mol. The van der Waals surface area contributed by atoms with Crippen LogP contribution in [0.1, 0.15) is 146 Å². The highest BCUT2D eigenvalue weighted by atomic mass is 15.1. The third-order valence-corrected chi connectivity index (χ3v) is 8.06. The van der Waals surface area contributed by atoms with E-state index in [-0.39, 0.29) is 0 Å². The normalized spacial score (nSPS) is 11.5. The van der Waals surface area contributed by atoms with Gasteiger partial charge in [0.05, 0.1) is 0 Å². The zero-order valence-electron chi connectivity index (χ0n) is 26.0. The second-order valence-corrected chi connectivity index (χ2v) is 11.9. The minimum Gasteiger partial charge on any atom is -0.378 e. The minimum absolute atomic E-state index is 1.13. The van der Waals surface area contributed by atoms with Crippen LogP contribution in [0.15, 0.2) is 48.8 Å². The molecule has 2 aromatic rings. The molecule has 0 fully saturated rings. The molecule has 1 aromatic carbocycles. The van der Waals surface area contributed by atoms with E-state index in [9.17, 15) is 0 Å². The Balaban J connectivity index is 1.37. The maximum atomic E-state index is 2.33. The Morgan fingerprint density at radius 3 is 1.23 bits per heavy atom. The van der Waals surface area contributed by atoms with Gasteiger partial charge >= 0.3 is 0 Å². The lowest BCUT2D eigenvalue weighted by Gasteiger charge is -2.11. The lowest BCUT2D eigenvalue weighted by Crippen LogP contribution is -2.32. The average Bonchev–Trinajstić information content (AvgIpc) is 2.96. The van der Waals surface area contributed by atoms with Crippen molar-refractivity contribution in [1.82, 2.24) is 0 Å². The van der Waals surface area contributed by atoms with Gasteiger partial charge in [-0.3, -0.25) is 0 Å². The van der Waals surface area contributed by atoms with Crippen molar-refractivity contribution in [2.75, 3.05) is 19.0 Å². The van der Waals surface area contributed by atoms with Gasteiger partial charge < -0.3 is 4.90 Å². The summed E-state index contributed by atoms with van der Waals surface area (Å²) >= 11 is 0. The van der Waals surface area contributed by atoms with Crippen LogP contribution in [0, 0.1) is 0 Å². The number of hydrogen-bond donors (Lipinski definition) is 0. The van der Waals surface area contributed by atoms with Crippen LogP contribution in [-0.4, -0.2) is 14.1 Å². The van der Waals surface area contributed by atoms with Gasteiger partial charge in [0.2, 0.25) is 0 Å². The Labute approximate surface area is 242 Å². The van der Waals surface area contributed by atoms with E-state index in [2.05, 4.69) is 91.4 Å². The molecule has 1 heterocycles. The molecule has 0 radical (unpaired) electrons. The first kappa shape index (κ1) is 33.1. The van der Waals surface area contributed by atoms with Crippen molar-refractivity contribution in [1.29, 1.82) is 0 Å². The zero-order chi connectivity index (χ0) is 27.8. The molecule has 0 aliphatic heterocycles. The number of aryl methyl sites for hydroxylation is 1. The summed E-state index contributed by atoms with van der Waals surface area (Å²) in [7, 11) is 4.15. The quantitative estimate of drug-likeness (QED) is 0.0961. The van der Waals surface area contributed by atoms with Gasteiger partial charge in [0, 0.05) is 38.3 Å². The Hall–Kier alpha value is -2.09. The van der Waals surface area contributed by atoms with E-state index in [0.29, 0.717) is 0 Å². The predicted octanol–water partition coefficient (Wildman–Crippen LogP) is 11.0. The summed E-state index contributed by atoms with van der Waals surface area (Å²) in [5.41, 5.74) is 3.73. The maximum absolute atomic E-state index is 2.33. The fourth-order valence-electron chi connectivity index (χ4n) is 5.35. The molecule has 2 heteroatoms. The molecule has 0 unspecified atom stereocenters. The molecule has 0 atom stereocenters. The van der Waals surface area contributed by atoms with E-state index < -0.39 is 0 Å². The van der Waals surface area contributed by atoms with Crippen molar-refractivity contribution in [2.45, 2.75) is 142 Å². The fraction of sp³-hybridized carbons (Fsp3) is 0.649. The number of hydrogen-bond acceptors (Lipinski definition) is 1. The summed E-state index contributed by atoms with van der Waals surface area (Å²) in [6.45, 7) is 3.44. The van der Waals surface area contributed by atoms with Crippen LogP contribution < -0.4 is 9.47 Å². The number of unbranched alkanes of at least 4 members (excludes halogenated alkanes) is 19. The monoisotopic (exact) mass is 533 g/mol. The molecular formula is C37H61N2+. The molecule has 2 nitrogen and oxygen atoms in total. The number of rotatable bonds is 24.